The Labute approximate surface area is 189 Å². The molecule has 1 unspecified atom stereocenters. The quantitative estimate of drug-likeness (QED) is 0.442. The third-order valence-electron chi connectivity index (χ3n) is 6.37. The van der Waals surface area contributed by atoms with Crippen molar-refractivity contribution in [3.05, 3.63) is 35.9 Å². The zero-order valence-electron chi connectivity index (χ0n) is 20.2. The number of aliphatic imine (C=N–C) groups is 1. The highest BCUT2D eigenvalue weighted by Crippen LogP contribution is 2.17. The number of likely N-dealkylation sites (N-methyl/N-ethyl adjacent to an activating group) is 1. The van der Waals surface area contributed by atoms with Crippen molar-refractivity contribution in [3.63, 3.8) is 0 Å². The Hall–Kier alpha value is -2.08. The van der Waals surface area contributed by atoms with Crippen molar-refractivity contribution in [2.75, 3.05) is 33.2 Å². The molecule has 0 bridgehead atoms. The van der Waals surface area contributed by atoms with E-state index in [0.29, 0.717) is 18.0 Å². The number of guanidine groups is 1. The molecule has 1 atom stereocenters. The molecule has 1 aromatic rings. The van der Waals surface area contributed by atoms with E-state index in [1.807, 2.05) is 0 Å². The van der Waals surface area contributed by atoms with Crippen LogP contribution in [0.3, 0.4) is 0 Å². The largest absolute Gasteiger partial charge is 0.357 e. The van der Waals surface area contributed by atoms with Crippen LogP contribution < -0.4 is 10.6 Å². The van der Waals surface area contributed by atoms with Gasteiger partial charge in [0, 0.05) is 44.2 Å². The lowest BCUT2D eigenvalue weighted by molar-refractivity contribution is -0.136. The number of amides is 1. The number of carbonyl (C=O) groups is 1. The Kier molecular flexibility index (Phi) is 10.9. The number of likely N-dealkylation sites (tertiary alicyclic amines) is 1. The van der Waals surface area contributed by atoms with Crippen LogP contribution in [0.1, 0.15) is 58.9 Å². The molecule has 6 nitrogen and oxygen atoms in total. The van der Waals surface area contributed by atoms with Gasteiger partial charge in [0.2, 0.25) is 5.91 Å². The highest BCUT2D eigenvalue weighted by molar-refractivity contribution is 5.80. The maximum atomic E-state index is 12.6. The predicted octanol–water partition coefficient (Wildman–Crippen LogP) is 3.49. The summed E-state index contributed by atoms with van der Waals surface area (Å²) >= 11 is 0. The molecule has 1 fully saturated rings. The highest BCUT2D eigenvalue weighted by atomic mass is 16.2. The molecule has 1 heterocycles. The van der Waals surface area contributed by atoms with Crippen LogP contribution in [0.4, 0.5) is 0 Å². The molecule has 0 aromatic heterocycles. The van der Waals surface area contributed by atoms with E-state index in [9.17, 15) is 4.79 Å². The maximum absolute atomic E-state index is 12.6. The number of hydrogen-bond acceptors (Lipinski definition) is 3. The predicted molar refractivity (Wildman–Crippen MR) is 130 cm³/mol. The first-order valence-electron chi connectivity index (χ1n) is 12.1. The van der Waals surface area contributed by atoms with Gasteiger partial charge in [0.05, 0.1) is 6.54 Å². The second kappa shape index (κ2) is 13.4. The van der Waals surface area contributed by atoms with Gasteiger partial charge in [0.15, 0.2) is 5.96 Å². The lowest BCUT2D eigenvalue weighted by Gasteiger charge is -2.35. The van der Waals surface area contributed by atoms with E-state index in [1.165, 1.54) is 5.56 Å². The van der Waals surface area contributed by atoms with E-state index < -0.39 is 0 Å². The number of nitrogens with zero attached hydrogens (tertiary/aromatic N) is 3. The van der Waals surface area contributed by atoms with Gasteiger partial charge in [0.25, 0.3) is 0 Å². The summed E-state index contributed by atoms with van der Waals surface area (Å²) in [5.41, 5.74) is 1.32. The minimum Gasteiger partial charge on any atom is -0.357 e. The molecule has 174 valence electrons. The summed E-state index contributed by atoms with van der Waals surface area (Å²) in [6.07, 6.45) is 3.81. The summed E-state index contributed by atoms with van der Waals surface area (Å²) in [4.78, 5) is 21.9. The van der Waals surface area contributed by atoms with Gasteiger partial charge in [-0.1, -0.05) is 44.2 Å². The zero-order chi connectivity index (χ0) is 22.6. The molecule has 1 amide bonds. The first kappa shape index (κ1) is 25.2. The highest BCUT2D eigenvalue weighted by Gasteiger charge is 2.26. The first-order chi connectivity index (χ1) is 15.0. The fourth-order valence-corrected chi connectivity index (χ4v) is 4.04. The maximum Gasteiger partial charge on any atom is 0.225 e. The van der Waals surface area contributed by atoms with Crippen LogP contribution in [-0.4, -0.2) is 67.0 Å². The van der Waals surface area contributed by atoms with E-state index in [0.717, 1.165) is 64.4 Å². The summed E-state index contributed by atoms with van der Waals surface area (Å²) < 4.78 is 0. The summed E-state index contributed by atoms with van der Waals surface area (Å²) in [7, 11) is 2.15. The Morgan fingerprint density at radius 2 is 1.81 bits per heavy atom. The van der Waals surface area contributed by atoms with E-state index in [4.69, 9.17) is 4.99 Å². The van der Waals surface area contributed by atoms with E-state index in [1.54, 1.807) is 0 Å². The number of benzene rings is 1. The fourth-order valence-electron chi connectivity index (χ4n) is 4.04. The van der Waals surface area contributed by atoms with Gasteiger partial charge in [-0.2, -0.15) is 0 Å². The van der Waals surface area contributed by atoms with Crippen molar-refractivity contribution in [2.45, 2.75) is 72.0 Å². The number of piperidine rings is 1. The third-order valence-corrected chi connectivity index (χ3v) is 6.37. The van der Waals surface area contributed by atoms with Crippen LogP contribution in [0.25, 0.3) is 0 Å². The number of carbonyl (C=O) groups excluding carboxylic acids is 1. The van der Waals surface area contributed by atoms with Crippen LogP contribution in [0, 0.1) is 5.92 Å². The zero-order valence-corrected chi connectivity index (χ0v) is 20.2. The van der Waals surface area contributed by atoms with Gasteiger partial charge >= 0.3 is 0 Å². The van der Waals surface area contributed by atoms with Crippen molar-refractivity contribution in [1.29, 1.82) is 0 Å². The molecule has 1 aromatic carbocycles. The van der Waals surface area contributed by atoms with E-state index in [-0.39, 0.29) is 5.92 Å². The second-order valence-corrected chi connectivity index (χ2v) is 8.73. The molecule has 1 aliphatic heterocycles. The minimum atomic E-state index is 0.178. The van der Waals surface area contributed by atoms with Crippen LogP contribution in [0.5, 0.6) is 0 Å². The van der Waals surface area contributed by atoms with Gasteiger partial charge in [-0.25, -0.2) is 0 Å². The van der Waals surface area contributed by atoms with Gasteiger partial charge in [-0.15, -0.1) is 0 Å². The molecule has 0 aliphatic carbocycles. The number of hydrogen-bond donors (Lipinski definition) is 2. The van der Waals surface area contributed by atoms with Crippen LogP contribution >= 0.6 is 0 Å². The van der Waals surface area contributed by atoms with Crippen molar-refractivity contribution >= 4 is 11.9 Å². The molecular weight excluding hydrogens is 386 g/mol. The molecule has 31 heavy (non-hydrogen) atoms. The van der Waals surface area contributed by atoms with Gasteiger partial charge in [0.1, 0.15) is 0 Å². The van der Waals surface area contributed by atoms with E-state index in [2.05, 4.69) is 85.5 Å². The Bertz CT molecular complexity index is 666. The monoisotopic (exact) mass is 429 g/mol. The van der Waals surface area contributed by atoms with Crippen molar-refractivity contribution < 1.29 is 4.79 Å². The second-order valence-electron chi connectivity index (χ2n) is 8.73. The smallest absolute Gasteiger partial charge is 0.225 e. The van der Waals surface area contributed by atoms with E-state index >= 15 is 0 Å². The third kappa shape index (κ3) is 8.17. The molecule has 0 saturated carbocycles. The first-order valence-corrected chi connectivity index (χ1v) is 12.1. The summed E-state index contributed by atoms with van der Waals surface area (Å²) in [6, 6.07) is 11.3. The number of rotatable bonds is 10. The van der Waals surface area contributed by atoms with Crippen LogP contribution in [0.15, 0.2) is 35.3 Å². The SMILES string of the molecule is CCNC(=NCC(C)N(C)Cc1ccccc1)NC1CCN(C(=O)C(CC)CC)CC1. The molecule has 2 N–H and O–H groups in total. The van der Waals surface area contributed by atoms with Crippen LogP contribution in [-0.2, 0) is 11.3 Å². The average molecular weight is 430 g/mol. The Balaban J connectivity index is 1.84. The van der Waals surface area contributed by atoms with Crippen molar-refractivity contribution in [2.24, 2.45) is 10.9 Å². The average Bonchev–Trinajstić information content (AvgIpc) is 2.79. The molecule has 2 rings (SSSR count). The summed E-state index contributed by atoms with van der Waals surface area (Å²) in [5, 5.41) is 6.98. The standard InChI is InChI=1S/C25H43N5O/c1-6-22(7-2)24(31)30-16-14-23(15-17-30)28-25(26-8-3)27-18-20(4)29(5)19-21-12-10-9-11-13-21/h9-13,20,22-23H,6-8,14-19H2,1-5H3,(H2,26,27,28). The van der Waals surface area contributed by atoms with Gasteiger partial charge < -0.3 is 15.5 Å². The van der Waals surface area contributed by atoms with Gasteiger partial charge in [-0.3, -0.25) is 14.7 Å². The molecular formula is C25H43N5O. The van der Waals surface area contributed by atoms with Crippen LogP contribution in [0.2, 0.25) is 0 Å². The minimum absolute atomic E-state index is 0.178. The Morgan fingerprint density at radius 3 is 2.39 bits per heavy atom. The molecule has 1 aliphatic rings. The van der Waals surface area contributed by atoms with Crippen molar-refractivity contribution in [1.82, 2.24) is 20.4 Å². The molecule has 0 radical (unpaired) electrons. The molecule has 1 saturated heterocycles. The molecule has 0 spiro atoms. The number of nitrogens with one attached hydrogen (secondary N) is 2. The fraction of sp³-hybridized carbons (Fsp3) is 0.680. The normalized spacial score (nSPS) is 16.6. The topological polar surface area (TPSA) is 60.0 Å². The summed E-state index contributed by atoms with van der Waals surface area (Å²) in [5.74, 6) is 1.39. The van der Waals surface area contributed by atoms with Crippen molar-refractivity contribution in [3.8, 4) is 0 Å². The lowest BCUT2D eigenvalue weighted by Crippen LogP contribution is -2.50. The van der Waals surface area contributed by atoms with Gasteiger partial charge in [-0.05, 0) is 52.1 Å². The summed E-state index contributed by atoms with van der Waals surface area (Å²) in [6.45, 7) is 12.7. The molecule has 6 heteroatoms. The lowest BCUT2D eigenvalue weighted by atomic mass is 9.98. The Morgan fingerprint density at radius 1 is 1.16 bits per heavy atom.